The molecule has 5 heteroatoms. The van der Waals surface area contributed by atoms with E-state index in [1.165, 1.54) is 6.07 Å². The van der Waals surface area contributed by atoms with Crippen molar-refractivity contribution in [3.63, 3.8) is 0 Å². The third-order valence-electron chi connectivity index (χ3n) is 1.74. The highest BCUT2D eigenvalue weighted by Crippen LogP contribution is 2.15. The van der Waals surface area contributed by atoms with Gasteiger partial charge in [0.2, 0.25) is 5.91 Å². The van der Waals surface area contributed by atoms with Gasteiger partial charge in [-0.1, -0.05) is 18.2 Å². The standard InChI is InChI=1S/C9H11NO3S/c1-14(12,13)8-5-3-2-4-7(8)6-9(10)11/h2-5H,6H2,1H3,(H2,10,11). The number of carbonyl (C=O) groups is 1. The molecule has 2 N–H and O–H groups in total. The first kappa shape index (κ1) is 10.7. The van der Waals surface area contributed by atoms with Gasteiger partial charge in [-0.05, 0) is 11.6 Å². The lowest BCUT2D eigenvalue weighted by Crippen LogP contribution is -2.15. The minimum Gasteiger partial charge on any atom is -0.369 e. The predicted octanol–water partition coefficient (Wildman–Crippen LogP) is 0.118. The van der Waals surface area contributed by atoms with Crippen molar-refractivity contribution in [1.29, 1.82) is 0 Å². The topological polar surface area (TPSA) is 77.2 Å². The fourth-order valence-corrected chi connectivity index (χ4v) is 2.14. The van der Waals surface area contributed by atoms with Crippen molar-refractivity contribution in [2.75, 3.05) is 6.26 Å². The Kier molecular flexibility index (Phi) is 2.90. The van der Waals surface area contributed by atoms with Gasteiger partial charge in [0, 0.05) is 6.26 Å². The first-order chi connectivity index (χ1) is 6.41. The SMILES string of the molecule is CS(=O)(=O)c1ccccc1CC(N)=O. The smallest absolute Gasteiger partial charge is 0.221 e. The first-order valence-electron chi connectivity index (χ1n) is 3.97. The van der Waals surface area contributed by atoms with Crippen molar-refractivity contribution in [2.45, 2.75) is 11.3 Å². The van der Waals surface area contributed by atoms with Crippen LogP contribution in [0.15, 0.2) is 29.2 Å². The van der Waals surface area contributed by atoms with E-state index in [0.29, 0.717) is 5.56 Å². The van der Waals surface area contributed by atoms with Crippen molar-refractivity contribution in [3.8, 4) is 0 Å². The molecule has 0 unspecified atom stereocenters. The molecule has 0 bridgehead atoms. The van der Waals surface area contributed by atoms with Crippen LogP contribution in [0.3, 0.4) is 0 Å². The van der Waals surface area contributed by atoms with Gasteiger partial charge in [0.1, 0.15) is 0 Å². The summed E-state index contributed by atoms with van der Waals surface area (Å²) in [6.07, 6.45) is 1.05. The molecule has 0 atom stereocenters. The van der Waals surface area contributed by atoms with Crippen LogP contribution in [0.4, 0.5) is 0 Å². The zero-order valence-corrected chi connectivity index (χ0v) is 8.54. The van der Waals surface area contributed by atoms with E-state index in [-0.39, 0.29) is 11.3 Å². The lowest BCUT2D eigenvalue weighted by atomic mass is 10.1. The Hall–Kier alpha value is -1.36. The largest absolute Gasteiger partial charge is 0.369 e. The molecular weight excluding hydrogens is 202 g/mol. The molecule has 14 heavy (non-hydrogen) atoms. The number of nitrogens with two attached hydrogens (primary N) is 1. The molecular formula is C9H11NO3S. The van der Waals surface area contributed by atoms with E-state index in [0.717, 1.165) is 6.26 Å². The van der Waals surface area contributed by atoms with E-state index in [9.17, 15) is 13.2 Å². The van der Waals surface area contributed by atoms with Gasteiger partial charge in [0.05, 0.1) is 11.3 Å². The summed E-state index contributed by atoms with van der Waals surface area (Å²) in [7, 11) is -3.29. The summed E-state index contributed by atoms with van der Waals surface area (Å²) in [5, 5.41) is 0. The molecule has 1 rings (SSSR count). The van der Waals surface area contributed by atoms with Gasteiger partial charge in [0.25, 0.3) is 0 Å². The Labute approximate surface area is 82.7 Å². The molecule has 0 spiro atoms. The highest BCUT2D eigenvalue weighted by Gasteiger charge is 2.13. The van der Waals surface area contributed by atoms with Crippen molar-refractivity contribution in [2.24, 2.45) is 5.73 Å². The minimum atomic E-state index is -3.29. The van der Waals surface area contributed by atoms with Crippen LogP contribution < -0.4 is 5.73 Å². The van der Waals surface area contributed by atoms with Gasteiger partial charge in [-0.25, -0.2) is 8.42 Å². The molecule has 1 aromatic rings. The average Bonchev–Trinajstić information content (AvgIpc) is 2.01. The maximum absolute atomic E-state index is 11.3. The van der Waals surface area contributed by atoms with E-state index >= 15 is 0 Å². The number of primary amides is 1. The van der Waals surface area contributed by atoms with Crippen molar-refractivity contribution in [1.82, 2.24) is 0 Å². The van der Waals surface area contributed by atoms with Crippen LogP contribution in [-0.4, -0.2) is 20.6 Å². The second-order valence-corrected chi connectivity index (χ2v) is 5.01. The second kappa shape index (κ2) is 3.79. The fourth-order valence-electron chi connectivity index (χ4n) is 1.20. The van der Waals surface area contributed by atoms with E-state index < -0.39 is 15.7 Å². The van der Waals surface area contributed by atoms with Crippen LogP contribution >= 0.6 is 0 Å². The molecule has 1 amide bonds. The summed E-state index contributed by atoms with van der Waals surface area (Å²) in [4.78, 5) is 10.8. The van der Waals surface area contributed by atoms with Gasteiger partial charge in [-0.3, -0.25) is 4.79 Å². The van der Waals surface area contributed by atoms with Crippen LogP contribution in [-0.2, 0) is 21.1 Å². The molecule has 1 aromatic carbocycles. The summed E-state index contributed by atoms with van der Waals surface area (Å²) < 4.78 is 22.6. The molecule has 0 fully saturated rings. The van der Waals surface area contributed by atoms with Gasteiger partial charge in [-0.2, -0.15) is 0 Å². The predicted molar refractivity (Wildman–Crippen MR) is 52.5 cm³/mol. The van der Waals surface area contributed by atoms with E-state index in [2.05, 4.69) is 0 Å². The highest BCUT2D eigenvalue weighted by atomic mass is 32.2. The second-order valence-electron chi connectivity index (χ2n) is 3.02. The van der Waals surface area contributed by atoms with Crippen LogP contribution in [0, 0.1) is 0 Å². The molecule has 0 aliphatic carbocycles. The maximum atomic E-state index is 11.3. The molecule has 0 heterocycles. The number of hydrogen-bond acceptors (Lipinski definition) is 3. The summed E-state index contributed by atoms with van der Waals surface area (Å²) in [5.41, 5.74) is 5.45. The van der Waals surface area contributed by atoms with Crippen molar-refractivity contribution < 1.29 is 13.2 Å². The van der Waals surface area contributed by atoms with E-state index in [4.69, 9.17) is 5.73 Å². The molecule has 0 aliphatic rings. The summed E-state index contributed by atoms with van der Waals surface area (Å²) in [5.74, 6) is -0.541. The molecule has 0 saturated heterocycles. The van der Waals surface area contributed by atoms with Crippen molar-refractivity contribution in [3.05, 3.63) is 29.8 Å². The Bertz CT molecular complexity index is 451. The number of benzene rings is 1. The van der Waals surface area contributed by atoms with Crippen LogP contribution in [0.2, 0.25) is 0 Å². The van der Waals surface area contributed by atoms with Gasteiger partial charge >= 0.3 is 0 Å². The Morgan fingerprint density at radius 3 is 2.43 bits per heavy atom. The third-order valence-corrected chi connectivity index (χ3v) is 2.93. The van der Waals surface area contributed by atoms with Crippen LogP contribution in [0.25, 0.3) is 0 Å². The molecule has 76 valence electrons. The molecule has 0 saturated carbocycles. The summed E-state index contributed by atoms with van der Waals surface area (Å²) in [6.45, 7) is 0. The van der Waals surface area contributed by atoms with Gasteiger partial charge < -0.3 is 5.73 Å². The zero-order valence-electron chi connectivity index (χ0n) is 7.73. The molecule has 0 aromatic heterocycles. The fraction of sp³-hybridized carbons (Fsp3) is 0.222. The summed E-state index contributed by atoms with van der Waals surface area (Å²) >= 11 is 0. The monoisotopic (exact) mass is 213 g/mol. The van der Waals surface area contributed by atoms with Gasteiger partial charge in [0.15, 0.2) is 9.84 Å². The number of hydrogen-bond donors (Lipinski definition) is 1. The number of rotatable bonds is 3. The third kappa shape index (κ3) is 2.56. The molecule has 0 radical (unpaired) electrons. The molecule has 0 aliphatic heterocycles. The number of carbonyl (C=O) groups excluding carboxylic acids is 1. The zero-order chi connectivity index (χ0) is 10.8. The first-order valence-corrected chi connectivity index (χ1v) is 5.86. The average molecular weight is 213 g/mol. The number of amides is 1. The minimum absolute atomic E-state index is 0.0523. The van der Waals surface area contributed by atoms with E-state index in [1.807, 2.05) is 0 Å². The van der Waals surface area contributed by atoms with Crippen LogP contribution in [0.1, 0.15) is 5.56 Å². The Morgan fingerprint density at radius 1 is 1.36 bits per heavy atom. The van der Waals surface area contributed by atoms with Gasteiger partial charge in [-0.15, -0.1) is 0 Å². The number of sulfone groups is 1. The quantitative estimate of drug-likeness (QED) is 0.774. The Morgan fingerprint density at radius 2 is 1.93 bits per heavy atom. The Balaban J connectivity index is 3.23. The highest BCUT2D eigenvalue weighted by molar-refractivity contribution is 7.90. The maximum Gasteiger partial charge on any atom is 0.221 e. The van der Waals surface area contributed by atoms with Crippen molar-refractivity contribution >= 4 is 15.7 Å². The lowest BCUT2D eigenvalue weighted by molar-refractivity contribution is -0.117. The lowest BCUT2D eigenvalue weighted by Gasteiger charge is -2.04. The normalized spacial score (nSPS) is 11.2. The van der Waals surface area contributed by atoms with E-state index in [1.54, 1.807) is 18.2 Å². The summed E-state index contributed by atoms with van der Waals surface area (Å²) in [6, 6.07) is 6.34. The van der Waals surface area contributed by atoms with Crippen LogP contribution in [0.5, 0.6) is 0 Å². The molecule has 4 nitrogen and oxygen atoms in total.